The van der Waals surface area contributed by atoms with Gasteiger partial charge in [-0.3, -0.25) is 10.1 Å². The lowest BCUT2D eigenvalue weighted by Crippen LogP contribution is -2.03. The van der Waals surface area contributed by atoms with Crippen molar-refractivity contribution in [2.75, 3.05) is 6.61 Å². The number of rotatable bonds is 4. The summed E-state index contributed by atoms with van der Waals surface area (Å²) >= 11 is 0. The summed E-state index contributed by atoms with van der Waals surface area (Å²) in [6.07, 6.45) is 0. The van der Waals surface area contributed by atoms with Gasteiger partial charge in [0.05, 0.1) is 17.6 Å². The van der Waals surface area contributed by atoms with Gasteiger partial charge in [-0.05, 0) is 23.6 Å². The van der Waals surface area contributed by atoms with E-state index in [0.717, 1.165) is 5.56 Å². The SMILES string of the molecule is Cc1ccc([N+](=O)[O-])cc1C(CO)N=[N+]=[N-]. The molecule has 7 nitrogen and oxygen atoms in total. The number of hydrogen-bond acceptors (Lipinski definition) is 4. The molecule has 1 aromatic carbocycles. The Hall–Kier alpha value is -2.11. The molecule has 0 spiro atoms. The molecule has 0 bridgehead atoms. The first-order valence-corrected chi connectivity index (χ1v) is 4.50. The minimum atomic E-state index is -0.787. The second-order valence-corrected chi connectivity index (χ2v) is 3.20. The van der Waals surface area contributed by atoms with E-state index in [1.165, 1.54) is 12.1 Å². The number of benzene rings is 1. The molecular weight excluding hydrogens is 212 g/mol. The van der Waals surface area contributed by atoms with Crippen LogP contribution in [0.2, 0.25) is 0 Å². The molecule has 0 saturated heterocycles. The Bertz CT molecular complexity index is 454. The number of aliphatic hydroxyl groups is 1. The predicted octanol–water partition coefficient (Wildman–Crippen LogP) is 2.25. The van der Waals surface area contributed by atoms with Gasteiger partial charge >= 0.3 is 0 Å². The van der Waals surface area contributed by atoms with Crippen molar-refractivity contribution >= 4 is 5.69 Å². The van der Waals surface area contributed by atoms with Crippen LogP contribution in [0.3, 0.4) is 0 Å². The van der Waals surface area contributed by atoms with Crippen LogP contribution in [-0.4, -0.2) is 16.6 Å². The van der Waals surface area contributed by atoms with Gasteiger partial charge in [0.15, 0.2) is 0 Å². The lowest BCUT2D eigenvalue weighted by atomic mass is 10.0. The first-order chi connectivity index (χ1) is 7.60. The summed E-state index contributed by atoms with van der Waals surface area (Å²) < 4.78 is 0. The average molecular weight is 222 g/mol. The third-order valence-corrected chi connectivity index (χ3v) is 2.20. The third-order valence-electron chi connectivity index (χ3n) is 2.20. The maximum absolute atomic E-state index is 10.6. The molecule has 0 aromatic heterocycles. The smallest absolute Gasteiger partial charge is 0.269 e. The highest BCUT2D eigenvalue weighted by molar-refractivity contribution is 5.41. The molecule has 0 saturated carbocycles. The quantitative estimate of drug-likeness (QED) is 0.277. The number of nitro benzene ring substituents is 1. The third kappa shape index (κ3) is 2.47. The van der Waals surface area contributed by atoms with Gasteiger partial charge in [-0.15, -0.1) is 0 Å². The number of hydrogen-bond donors (Lipinski definition) is 1. The lowest BCUT2D eigenvalue weighted by molar-refractivity contribution is -0.384. The second kappa shape index (κ2) is 5.11. The molecule has 16 heavy (non-hydrogen) atoms. The summed E-state index contributed by atoms with van der Waals surface area (Å²) in [5.74, 6) is 0. The van der Waals surface area contributed by atoms with Crippen LogP contribution in [0, 0.1) is 17.0 Å². The zero-order valence-corrected chi connectivity index (χ0v) is 8.57. The molecule has 1 atom stereocenters. The van der Waals surface area contributed by atoms with E-state index in [9.17, 15) is 10.1 Å². The summed E-state index contributed by atoms with van der Waals surface area (Å²) in [5.41, 5.74) is 9.42. The zero-order chi connectivity index (χ0) is 12.1. The van der Waals surface area contributed by atoms with Crippen molar-refractivity contribution in [3.05, 3.63) is 49.9 Å². The van der Waals surface area contributed by atoms with Crippen molar-refractivity contribution in [2.45, 2.75) is 13.0 Å². The highest BCUT2D eigenvalue weighted by Gasteiger charge is 2.15. The Labute approximate surface area is 91.1 Å². The van der Waals surface area contributed by atoms with Crippen LogP contribution in [0.5, 0.6) is 0 Å². The zero-order valence-electron chi connectivity index (χ0n) is 8.57. The van der Waals surface area contributed by atoms with E-state index < -0.39 is 11.0 Å². The monoisotopic (exact) mass is 222 g/mol. The van der Waals surface area contributed by atoms with Crippen LogP contribution in [0.15, 0.2) is 23.3 Å². The minimum absolute atomic E-state index is 0.0906. The molecule has 1 unspecified atom stereocenters. The van der Waals surface area contributed by atoms with Crippen LogP contribution in [0.1, 0.15) is 17.2 Å². The van der Waals surface area contributed by atoms with Gasteiger partial charge in [-0.1, -0.05) is 11.2 Å². The fraction of sp³-hybridized carbons (Fsp3) is 0.333. The van der Waals surface area contributed by atoms with Crippen molar-refractivity contribution in [1.29, 1.82) is 0 Å². The number of azide groups is 1. The molecule has 0 amide bonds. The number of aryl methyl sites for hydroxylation is 1. The van der Waals surface area contributed by atoms with Gasteiger partial charge in [0.2, 0.25) is 0 Å². The van der Waals surface area contributed by atoms with E-state index in [1.54, 1.807) is 13.0 Å². The Morgan fingerprint density at radius 2 is 2.38 bits per heavy atom. The highest BCUT2D eigenvalue weighted by atomic mass is 16.6. The maximum atomic E-state index is 10.6. The molecule has 0 radical (unpaired) electrons. The Kier molecular flexibility index (Phi) is 3.82. The van der Waals surface area contributed by atoms with Gasteiger partial charge < -0.3 is 5.11 Å². The van der Waals surface area contributed by atoms with Crippen LogP contribution >= 0.6 is 0 Å². The minimum Gasteiger partial charge on any atom is -0.396 e. The van der Waals surface area contributed by atoms with Crippen LogP contribution in [0.4, 0.5) is 5.69 Å². The van der Waals surface area contributed by atoms with Crippen LogP contribution in [0.25, 0.3) is 10.4 Å². The van der Waals surface area contributed by atoms with E-state index in [-0.39, 0.29) is 12.3 Å². The summed E-state index contributed by atoms with van der Waals surface area (Å²) in [6.45, 7) is 1.35. The van der Waals surface area contributed by atoms with Crippen LogP contribution < -0.4 is 0 Å². The number of nitro groups is 1. The highest BCUT2D eigenvalue weighted by Crippen LogP contribution is 2.25. The fourth-order valence-electron chi connectivity index (χ4n) is 1.36. The number of nitrogens with zero attached hydrogens (tertiary/aromatic N) is 4. The maximum Gasteiger partial charge on any atom is 0.269 e. The Morgan fingerprint density at radius 3 is 2.88 bits per heavy atom. The van der Waals surface area contributed by atoms with E-state index in [1.807, 2.05) is 0 Å². The molecule has 0 aliphatic rings. The second-order valence-electron chi connectivity index (χ2n) is 3.20. The van der Waals surface area contributed by atoms with Crippen molar-refractivity contribution in [3.63, 3.8) is 0 Å². The molecule has 0 fully saturated rings. The summed E-state index contributed by atoms with van der Waals surface area (Å²) in [5, 5.41) is 23.0. The van der Waals surface area contributed by atoms with Crippen molar-refractivity contribution in [2.24, 2.45) is 5.11 Å². The topological polar surface area (TPSA) is 112 Å². The van der Waals surface area contributed by atoms with Crippen LogP contribution in [-0.2, 0) is 0 Å². The van der Waals surface area contributed by atoms with Gasteiger partial charge in [-0.2, -0.15) is 0 Å². The number of aliphatic hydroxyl groups excluding tert-OH is 1. The Morgan fingerprint density at radius 1 is 1.69 bits per heavy atom. The molecule has 0 aliphatic heterocycles. The number of non-ortho nitro benzene ring substituents is 1. The molecule has 1 rings (SSSR count). The predicted molar refractivity (Wildman–Crippen MR) is 56.8 cm³/mol. The molecule has 0 heterocycles. The molecule has 1 N–H and O–H groups in total. The molecule has 84 valence electrons. The van der Waals surface area contributed by atoms with E-state index in [4.69, 9.17) is 10.6 Å². The van der Waals surface area contributed by atoms with Gasteiger partial charge in [0.1, 0.15) is 0 Å². The fourth-order valence-corrected chi connectivity index (χ4v) is 1.36. The van der Waals surface area contributed by atoms with Gasteiger partial charge in [0, 0.05) is 17.0 Å². The first kappa shape index (κ1) is 12.0. The van der Waals surface area contributed by atoms with E-state index in [0.29, 0.717) is 5.56 Å². The average Bonchev–Trinajstić information content (AvgIpc) is 2.26. The van der Waals surface area contributed by atoms with Crippen molar-refractivity contribution < 1.29 is 10.0 Å². The molecule has 0 aliphatic carbocycles. The first-order valence-electron chi connectivity index (χ1n) is 4.50. The van der Waals surface area contributed by atoms with Gasteiger partial charge in [-0.25, -0.2) is 0 Å². The summed E-state index contributed by atoms with van der Waals surface area (Å²) in [7, 11) is 0. The molecule has 7 heteroatoms. The van der Waals surface area contributed by atoms with Crippen molar-refractivity contribution in [1.82, 2.24) is 0 Å². The summed E-state index contributed by atoms with van der Waals surface area (Å²) in [4.78, 5) is 12.6. The standard InChI is InChI=1S/C9H10N4O3/c1-6-2-3-7(13(15)16)4-8(6)9(5-14)11-12-10/h2-4,9,14H,5H2,1H3. The van der Waals surface area contributed by atoms with Crippen molar-refractivity contribution in [3.8, 4) is 0 Å². The molecule has 1 aromatic rings. The van der Waals surface area contributed by atoms with E-state index in [2.05, 4.69) is 10.0 Å². The van der Waals surface area contributed by atoms with Gasteiger partial charge in [0.25, 0.3) is 5.69 Å². The van der Waals surface area contributed by atoms with E-state index >= 15 is 0 Å². The Balaban J connectivity index is 3.24. The lowest BCUT2D eigenvalue weighted by Gasteiger charge is -2.10. The summed E-state index contributed by atoms with van der Waals surface area (Å²) in [6, 6.07) is 3.45. The molecular formula is C9H10N4O3. The largest absolute Gasteiger partial charge is 0.396 e. The normalized spacial score (nSPS) is 11.6.